The molecule has 0 atom stereocenters. The number of carbonyl (C=O) groups is 2. The highest BCUT2D eigenvalue weighted by Gasteiger charge is 2.41. The quantitative estimate of drug-likeness (QED) is 0.928. The first kappa shape index (κ1) is 17.2. The number of benzene rings is 1. The lowest BCUT2D eigenvalue weighted by molar-refractivity contribution is 0.102. The van der Waals surface area contributed by atoms with E-state index in [1.807, 2.05) is 27.0 Å². The van der Waals surface area contributed by atoms with E-state index in [0.717, 1.165) is 15.9 Å². The van der Waals surface area contributed by atoms with E-state index in [1.165, 1.54) is 0 Å². The average Bonchev–Trinajstić information content (AvgIpc) is 3.04. The molecule has 132 valence electrons. The van der Waals surface area contributed by atoms with Gasteiger partial charge in [0.15, 0.2) is 0 Å². The second-order valence-corrected chi connectivity index (χ2v) is 6.52. The topological polar surface area (TPSA) is 76.5 Å². The number of fused-ring (bicyclic) bond motifs is 1. The zero-order valence-corrected chi connectivity index (χ0v) is 14.9. The number of rotatable bonds is 3. The number of hydrogen-bond donors (Lipinski definition) is 1. The summed E-state index contributed by atoms with van der Waals surface area (Å²) in [4.78, 5) is 27.0. The smallest absolute Gasteiger partial charge is 0.436 e. The third-order valence-electron chi connectivity index (χ3n) is 4.62. The Hall–Kier alpha value is -2.67. The number of hydrogen-bond acceptors (Lipinski definition) is 5. The summed E-state index contributed by atoms with van der Waals surface area (Å²) in [6, 6.07) is 8.86. The van der Waals surface area contributed by atoms with Crippen LogP contribution in [-0.2, 0) is 16.8 Å². The molecule has 1 amide bonds. The first-order valence-electron chi connectivity index (χ1n) is 8.23. The van der Waals surface area contributed by atoms with Crippen molar-refractivity contribution >= 4 is 17.8 Å². The van der Waals surface area contributed by atoms with E-state index in [0.29, 0.717) is 17.9 Å². The van der Waals surface area contributed by atoms with Gasteiger partial charge in [0, 0.05) is 17.7 Å². The summed E-state index contributed by atoms with van der Waals surface area (Å²) in [5.41, 5.74) is 1.79. The number of anilines is 1. The monoisotopic (exact) mass is 342 g/mol. The average molecular weight is 342 g/mol. The van der Waals surface area contributed by atoms with Crippen molar-refractivity contribution in [1.82, 2.24) is 14.7 Å². The molecule has 1 aromatic carbocycles. The van der Waals surface area contributed by atoms with E-state index in [4.69, 9.17) is 4.74 Å². The van der Waals surface area contributed by atoms with Crippen LogP contribution < -0.4 is 5.32 Å². The molecule has 0 radical (unpaired) electrons. The van der Waals surface area contributed by atoms with Crippen LogP contribution >= 0.6 is 0 Å². The van der Waals surface area contributed by atoms with Crippen LogP contribution in [0.3, 0.4) is 0 Å². The van der Waals surface area contributed by atoms with E-state index in [1.54, 1.807) is 31.2 Å². The van der Waals surface area contributed by atoms with Crippen LogP contribution in [0.15, 0.2) is 30.3 Å². The molecule has 7 heteroatoms. The molecular formula is C18H22N4O3. The maximum atomic E-state index is 12.6. The molecule has 1 aliphatic heterocycles. The number of ether oxygens (including phenoxy) is 1. The van der Waals surface area contributed by atoms with Gasteiger partial charge in [-0.25, -0.2) is 4.79 Å². The molecule has 3 rings (SSSR count). The number of aromatic nitrogens is 2. The molecule has 25 heavy (non-hydrogen) atoms. The Morgan fingerprint density at radius 1 is 1.28 bits per heavy atom. The van der Waals surface area contributed by atoms with Gasteiger partial charge in [-0.2, -0.15) is 5.10 Å². The summed E-state index contributed by atoms with van der Waals surface area (Å²) in [5.74, 6) is 0.0842. The minimum absolute atomic E-state index is 0.235. The molecule has 1 aromatic heterocycles. The summed E-state index contributed by atoms with van der Waals surface area (Å²) in [6.07, 6.45) is -0.598. The van der Waals surface area contributed by atoms with E-state index in [2.05, 4.69) is 15.3 Å². The molecule has 0 unspecified atom stereocenters. The third-order valence-corrected chi connectivity index (χ3v) is 4.62. The highest BCUT2D eigenvalue weighted by molar-refractivity contribution is 6.05. The van der Waals surface area contributed by atoms with Gasteiger partial charge in [-0.05, 0) is 40.0 Å². The predicted molar refractivity (Wildman–Crippen MR) is 93.5 cm³/mol. The minimum Gasteiger partial charge on any atom is -0.448 e. The number of carbonyl (C=O) groups excluding carboxylic acids is 2. The first-order chi connectivity index (χ1) is 11.9. The molecule has 1 N–H and O–H groups in total. The summed E-state index contributed by atoms with van der Waals surface area (Å²) >= 11 is 0. The van der Waals surface area contributed by atoms with Crippen molar-refractivity contribution in [3.63, 3.8) is 0 Å². The van der Waals surface area contributed by atoms with Crippen LogP contribution in [0, 0.1) is 0 Å². The molecule has 0 saturated heterocycles. The van der Waals surface area contributed by atoms with Gasteiger partial charge in [0.25, 0.3) is 5.91 Å². The summed E-state index contributed by atoms with van der Waals surface area (Å²) < 4.78 is 6.24. The lowest BCUT2D eigenvalue weighted by Gasteiger charge is -2.27. The lowest BCUT2D eigenvalue weighted by Crippen LogP contribution is -2.33. The Kier molecular flexibility index (Phi) is 4.34. The molecule has 0 saturated carbocycles. The normalized spacial score (nSPS) is 15.7. The molecule has 0 aliphatic carbocycles. The molecule has 0 spiro atoms. The van der Waals surface area contributed by atoms with E-state index < -0.39 is 6.09 Å². The Balaban J connectivity index is 2.02. The SMILES string of the molecule is CCOC(=O)n1nc2c(c1NC(=O)c1ccccc1)CN(C)C2(C)C. The number of nitrogens with one attached hydrogen (secondary N) is 1. The fourth-order valence-corrected chi connectivity index (χ4v) is 2.92. The molecule has 7 nitrogen and oxygen atoms in total. The summed E-state index contributed by atoms with van der Waals surface area (Å²) in [7, 11) is 1.99. The summed E-state index contributed by atoms with van der Waals surface area (Å²) in [6.45, 7) is 6.62. The lowest BCUT2D eigenvalue weighted by atomic mass is 10.0. The maximum Gasteiger partial charge on any atom is 0.436 e. The van der Waals surface area contributed by atoms with Gasteiger partial charge < -0.3 is 10.1 Å². The zero-order chi connectivity index (χ0) is 18.2. The number of amides is 1. The van der Waals surface area contributed by atoms with E-state index in [-0.39, 0.29) is 18.1 Å². The van der Waals surface area contributed by atoms with Gasteiger partial charge >= 0.3 is 6.09 Å². The predicted octanol–water partition coefficient (Wildman–Crippen LogP) is 2.82. The minimum atomic E-state index is -0.598. The van der Waals surface area contributed by atoms with Gasteiger partial charge in [0.1, 0.15) is 5.82 Å². The van der Waals surface area contributed by atoms with Crippen molar-refractivity contribution in [2.24, 2.45) is 0 Å². The summed E-state index contributed by atoms with van der Waals surface area (Å²) in [5, 5.41) is 7.28. The van der Waals surface area contributed by atoms with Gasteiger partial charge in [-0.15, -0.1) is 4.68 Å². The number of nitrogens with zero attached hydrogens (tertiary/aromatic N) is 3. The molecule has 2 aromatic rings. The molecule has 1 aliphatic rings. The fraction of sp³-hybridized carbons (Fsp3) is 0.389. The van der Waals surface area contributed by atoms with Crippen LogP contribution in [0.4, 0.5) is 10.6 Å². The largest absolute Gasteiger partial charge is 0.448 e. The van der Waals surface area contributed by atoms with Gasteiger partial charge in [0.2, 0.25) is 0 Å². The van der Waals surface area contributed by atoms with Gasteiger partial charge in [0.05, 0.1) is 17.8 Å². The maximum absolute atomic E-state index is 12.6. The van der Waals surface area contributed by atoms with E-state index in [9.17, 15) is 9.59 Å². The standard InChI is InChI=1S/C18H22N4O3/c1-5-25-17(24)22-15(19-16(23)12-9-7-6-8-10-12)13-11-21(4)18(2,3)14(13)20-22/h6-10H,5,11H2,1-4H3,(H,19,23). The van der Waals surface area contributed by atoms with Crippen molar-refractivity contribution in [1.29, 1.82) is 0 Å². The highest BCUT2D eigenvalue weighted by Crippen LogP contribution is 2.40. The molecule has 2 heterocycles. The van der Waals surface area contributed by atoms with Crippen LogP contribution in [0.25, 0.3) is 0 Å². The van der Waals surface area contributed by atoms with Crippen molar-refractivity contribution in [3.8, 4) is 0 Å². The Bertz CT molecular complexity index is 811. The van der Waals surface area contributed by atoms with Crippen LogP contribution in [0.1, 0.15) is 42.4 Å². The highest BCUT2D eigenvalue weighted by atomic mass is 16.6. The second-order valence-electron chi connectivity index (χ2n) is 6.52. The second kappa shape index (κ2) is 6.33. The van der Waals surface area contributed by atoms with E-state index >= 15 is 0 Å². The van der Waals surface area contributed by atoms with Crippen LogP contribution in [0.2, 0.25) is 0 Å². The zero-order valence-electron chi connectivity index (χ0n) is 14.9. The molecule has 0 fully saturated rings. The Morgan fingerprint density at radius 3 is 2.60 bits per heavy atom. The molecule has 0 bridgehead atoms. The first-order valence-corrected chi connectivity index (χ1v) is 8.23. The Morgan fingerprint density at radius 2 is 1.96 bits per heavy atom. The van der Waals surface area contributed by atoms with Crippen molar-refractivity contribution in [2.45, 2.75) is 32.9 Å². The van der Waals surface area contributed by atoms with Crippen LogP contribution in [-0.4, -0.2) is 40.3 Å². The van der Waals surface area contributed by atoms with Crippen molar-refractivity contribution in [2.75, 3.05) is 19.0 Å². The van der Waals surface area contributed by atoms with Crippen molar-refractivity contribution in [3.05, 3.63) is 47.2 Å². The molecular weight excluding hydrogens is 320 g/mol. The van der Waals surface area contributed by atoms with Crippen LogP contribution in [0.5, 0.6) is 0 Å². The van der Waals surface area contributed by atoms with Gasteiger partial charge in [-0.3, -0.25) is 9.69 Å². The Labute approximate surface area is 146 Å². The fourth-order valence-electron chi connectivity index (χ4n) is 2.92. The van der Waals surface area contributed by atoms with Gasteiger partial charge in [-0.1, -0.05) is 18.2 Å². The van der Waals surface area contributed by atoms with Crippen molar-refractivity contribution < 1.29 is 14.3 Å². The third kappa shape index (κ3) is 2.91.